The van der Waals surface area contributed by atoms with Crippen molar-refractivity contribution in [3.8, 4) is 11.5 Å². The molecular weight excluding hydrogens is 358 g/mol. The van der Waals surface area contributed by atoms with Crippen molar-refractivity contribution < 1.29 is 19.1 Å². The lowest BCUT2D eigenvalue weighted by molar-refractivity contribution is 0.0761. The first-order chi connectivity index (χ1) is 13.6. The van der Waals surface area contributed by atoms with Crippen LogP contribution in [0.1, 0.15) is 46.4 Å². The number of benzene rings is 1. The van der Waals surface area contributed by atoms with E-state index in [0.717, 1.165) is 38.8 Å². The molecule has 7 nitrogen and oxygen atoms in total. The lowest BCUT2D eigenvalue weighted by atomic mass is 10.1. The maximum absolute atomic E-state index is 12.8. The van der Waals surface area contributed by atoms with Gasteiger partial charge in [0.05, 0.1) is 31.0 Å². The molecule has 2 amide bonds. The predicted octanol–water partition coefficient (Wildman–Crippen LogP) is 3.37. The molecule has 0 radical (unpaired) electrons. The number of ether oxygens (including phenoxy) is 2. The number of likely N-dealkylation sites (tertiary alicyclic amines) is 1. The van der Waals surface area contributed by atoms with Crippen LogP contribution in [0, 0.1) is 0 Å². The third kappa shape index (κ3) is 4.60. The Hall–Kier alpha value is -3.09. The minimum absolute atomic E-state index is 0.0805. The van der Waals surface area contributed by atoms with Gasteiger partial charge in [0.25, 0.3) is 11.8 Å². The Morgan fingerprint density at radius 2 is 1.68 bits per heavy atom. The van der Waals surface area contributed by atoms with E-state index >= 15 is 0 Å². The second kappa shape index (κ2) is 9.21. The van der Waals surface area contributed by atoms with Gasteiger partial charge in [0.15, 0.2) is 0 Å². The van der Waals surface area contributed by atoms with Crippen molar-refractivity contribution in [3.63, 3.8) is 0 Å². The molecule has 0 bridgehead atoms. The van der Waals surface area contributed by atoms with Crippen LogP contribution in [0.4, 0.5) is 5.69 Å². The summed E-state index contributed by atoms with van der Waals surface area (Å²) in [5.74, 6) is 0.658. The zero-order chi connectivity index (χ0) is 19.9. The van der Waals surface area contributed by atoms with Gasteiger partial charge in [-0.05, 0) is 31.0 Å². The SMILES string of the molecule is COc1ccc(OC)c(NC(=O)c2cncc(C(=O)N3CCCCCC3)c2)c1. The fraction of sp³-hybridized carbons (Fsp3) is 0.381. The van der Waals surface area contributed by atoms with Crippen LogP contribution >= 0.6 is 0 Å². The minimum atomic E-state index is -0.371. The van der Waals surface area contributed by atoms with Gasteiger partial charge in [-0.2, -0.15) is 0 Å². The predicted molar refractivity (Wildman–Crippen MR) is 106 cm³/mol. The van der Waals surface area contributed by atoms with Gasteiger partial charge in [0.2, 0.25) is 0 Å². The third-order valence-electron chi connectivity index (χ3n) is 4.80. The Balaban J connectivity index is 1.78. The molecule has 2 aromatic rings. The number of rotatable bonds is 5. The van der Waals surface area contributed by atoms with Crippen LogP contribution in [0.15, 0.2) is 36.7 Å². The fourth-order valence-electron chi connectivity index (χ4n) is 3.24. The normalized spacial score (nSPS) is 14.1. The molecule has 28 heavy (non-hydrogen) atoms. The molecule has 3 rings (SSSR count). The first kappa shape index (κ1) is 19.7. The second-order valence-corrected chi connectivity index (χ2v) is 6.69. The number of hydrogen-bond donors (Lipinski definition) is 1. The van der Waals surface area contributed by atoms with E-state index in [9.17, 15) is 9.59 Å². The average molecular weight is 383 g/mol. The van der Waals surface area contributed by atoms with Crippen molar-refractivity contribution in [2.75, 3.05) is 32.6 Å². The molecular formula is C21H25N3O4. The van der Waals surface area contributed by atoms with Crippen LogP contribution in [0.2, 0.25) is 0 Å². The van der Waals surface area contributed by atoms with Crippen LogP contribution in [0.3, 0.4) is 0 Å². The second-order valence-electron chi connectivity index (χ2n) is 6.69. The van der Waals surface area contributed by atoms with Crippen molar-refractivity contribution in [2.24, 2.45) is 0 Å². The van der Waals surface area contributed by atoms with E-state index in [0.29, 0.717) is 28.3 Å². The Morgan fingerprint density at radius 3 is 2.36 bits per heavy atom. The molecule has 1 N–H and O–H groups in total. The fourth-order valence-corrected chi connectivity index (χ4v) is 3.24. The summed E-state index contributed by atoms with van der Waals surface area (Å²) in [5, 5.41) is 2.80. The number of nitrogens with one attached hydrogen (secondary N) is 1. The molecule has 0 unspecified atom stereocenters. The quantitative estimate of drug-likeness (QED) is 0.856. The van der Waals surface area contributed by atoms with Crippen molar-refractivity contribution in [1.82, 2.24) is 9.88 Å². The third-order valence-corrected chi connectivity index (χ3v) is 4.80. The smallest absolute Gasteiger partial charge is 0.257 e. The summed E-state index contributed by atoms with van der Waals surface area (Å²) in [6, 6.07) is 6.72. The number of nitrogens with zero attached hydrogens (tertiary/aromatic N) is 2. The maximum Gasteiger partial charge on any atom is 0.257 e. The first-order valence-corrected chi connectivity index (χ1v) is 9.40. The molecule has 7 heteroatoms. The van der Waals surface area contributed by atoms with Crippen LogP contribution in [0.25, 0.3) is 0 Å². The van der Waals surface area contributed by atoms with E-state index in [1.54, 1.807) is 31.4 Å². The Labute approximate surface area is 164 Å². The molecule has 0 atom stereocenters. The summed E-state index contributed by atoms with van der Waals surface area (Å²) >= 11 is 0. The Bertz CT molecular complexity index is 845. The van der Waals surface area contributed by atoms with Gasteiger partial charge in [-0.1, -0.05) is 12.8 Å². The molecule has 1 aliphatic rings. The van der Waals surface area contributed by atoms with Crippen LogP contribution in [-0.2, 0) is 0 Å². The van der Waals surface area contributed by atoms with Gasteiger partial charge < -0.3 is 19.7 Å². The van der Waals surface area contributed by atoms with Gasteiger partial charge >= 0.3 is 0 Å². The van der Waals surface area contributed by atoms with Crippen LogP contribution in [-0.4, -0.2) is 49.0 Å². The summed E-state index contributed by atoms with van der Waals surface area (Å²) < 4.78 is 10.5. The topological polar surface area (TPSA) is 80.8 Å². The number of carbonyl (C=O) groups excluding carboxylic acids is 2. The summed E-state index contributed by atoms with van der Waals surface area (Å²) in [7, 11) is 3.08. The zero-order valence-electron chi connectivity index (χ0n) is 16.2. The molecule has 0 aliphatic carbocycles. The highest BCUT2D eigenvalue weighted by Crippen LogP contribution is 2.29. The van der Waals surface area contributed by atoms with Gasteiger partial charge in [-0.25, -0.2) is 0 Å². The van der Waals surface area contributed by atoms with Crippen molar-refractivity contribution in [2.45, 2.75) is 25.7 Å². The maximum atomic E-state index is 12.8. The molecule has 1 aromatic heterocycles. The van der Waals surface area contributed by atoms with E-state index in [1.807, 2.05) is 4.90 Å². The van der Waals surface area contributed by atoms with Gasteiger partial charge in [-0.3, -0.25) is 14.6 Å². The van der Waals surface area contributed by atoms with Crippen molar-refractivity contribution in [1.29, 1.82) is 0 Å². The largest absolute Gasteiger partial charge is 0.497 e. The number of aromatic nitrogens is 1. The van der Waals surface area contributed by atoms with E-state index in [-0.39, 0.29) is 11.8 Å². The molecule has 1 saturated heterocycles. The molecule has 0 spiro atoms. The number of hydrogen-bond acceptors (Lipinski definition) is 5. The van der Waals surface area contributed by atoms with E-state index in [4.69, 9.17) is 9.47 Å². The lowest BCUT2D eigenvalue weighted by Gasteiger charge is -2.20. The number of pyridine rings is 1. The molecule has 148 valence electrons. The molecule has 1 aliphatic heterocycles. The summed E-state index contributed by atoms with van der Waals surface area (Å²) in [4.78, 5) is 31.4. The molecule has 0 saturated carbocycles. The molecule has 1 fully saturated rings. The highest BCUT2D eigenvalue weighted by molar-refractivity contribution is 6.06. The highest BCUT2D eigenvalue weighted by atomic mass is 16.5. The van der Waals surface area contributed by atoms with Gasteiger partial charge in [0.1, 0.15) is 11.5 Å². The number of methoxy groups -OCH3 is 2. The number of amides is 2. The van der Waals surface area contributed by atoms with Gasteiger partial charge in [0, 0.05) is 31.5 Å². The van der Waals surface area contributed by atoms with Crippen molar-refractivity contribution in [3.05, 3.63) is 47.8 Å². The Kier molecular flexibility index (Phi) is 6.47. The lowest BCUT2D eigenvalue weighted by Crippen LogP contribution is -2.32. The van der Waals surface area contributed by atoms with Crippen LogP contribution in [0.5, 0.6) is 11.5 Å². The average Bonchev–Trinajstić information content (AvgIpc) is 3.02. The standard InChI is InChI=1S/C21H25N3O4/c1-27-17-7-8-19(28-2)18(12-17)23-20(25)15-11-16(14-22-13-15)21(26)24-9-5-3-4-6-10-24/h7-8,11-14H,3-6,9-10H2,1-2H3,(H,23,25). The molecule has 2 heterocycles. The summed E-state index contributed by atoms with van der Waals surface area (Å²) in [6.07, 6.45) is 7.26. The van der Waals surface area contributed by atoms with E-state index in [2.05, 4.69) is 10.3 Å². The van der Waals surface area contributed by atoms with E-state index < -0.39 is 0 Å². The summed E-state index contributed by atoms with van der Waals surface area (Å²) in [6.45, 7) is 1.49. The number of anilines is 1. The number of carbonyl (C=O) groups is 2. The Morgan fingerprint density at radius 1 is 0.964 bits per heavy atom. The van der Waals surface area contributed by atoms with E-state index in [1.165, 1.54) is 19.5 Å². The summed E-state index contributed by atoms with van der Waals surface area (Å²) in [5.41, 5.74) is 1.22. The zero-order valence-corrected chi connectivity index (χ0v) is 16.2. The molecule has 1 aromatic carbocycles. The monoisotopic (exact) mass is 383 g/mol. The van der Waals surface area contributed by atoms with Crippen LogP contribution < -0.4 is 14.8 Å². The van der Waals surface area contributed by atoms with Gasteiger partial charge in [-0.15, -0.1) is 0 Å². The van der Waals surface area contributed by atoms with Crippen molar-refractivity contribution >= 4 is 17.5 Å². The minimum Gasteiger partial charge on any atom is -0.497 e. The first-order valence-electron chi connectivity index (χ1n) is 9.40. The highest BCUT2D eigenvalue weighted by Gasteiger charge is 2.19.